The molecule has 4 heterocycles. The second-order valence-electron chi connectivity index (χ2n) is 5.24. The first kappa shape index (κ1) is 12.8. The molecule has 0 atom stereocenters. The van der Waals surface area contributed by atoms with Gasteiger partial charge in [0.15, 0.2) is 11.4 Å². The van der Waals surface area contributed by atoms with E-state index < -0.39 is 0 Å². The predicted molar refractivity (Wildman–Crippen MR) is 81.8 cm³/mol. The summed E-state index contributed by atoms with van der Waals surface area (Å²) in [5.74, 6) is 1.26. The van der Waals surface area contributed by atoms with Crippen molar-refractivity contribution in [3.63, 3.8) is 0 Å². The first-order valence-electron chi connectivity index (χ1n) is 7.07. The van der Waals surface area contributed by atoms with Gasteiger partial charge in [0, 0.05) is 18.5 Å². The van der Waals surface area contributed by atoms with Gasteiger partial charge in [-0.25, -0.2) is 14.5 Å². The van der Waals surface area contributed by atoms with Crippen LogP contribution in [0.15, 0.2) is 47.3 Å². The zero-order chi connectivity index (χ0) is 15.1. The maximum atomic E-state index is 5.92. The Morgan fingerprint density at radius 3 is 2.95 bits per heavy atom. The summed E-state index contributed by atoms with van der Waals surface area (Å²) in [6.07, 6.45) is 5.19. The van der Waals surface area contributed by atoms with Crippen LogP contribution in [0.5, 0.6) is 5.88 Å². The Balaban J connectivity index is 1.89. The zero-order valence-corrected chi connectivity index (χ0v) is 12.2. The molecule has 4 aromatic heterocycles. The van der Waals surface area contributed by atoms with Crippen LogP contribution in [0.2, 0.25) is 0 Å². The number of furan rings is 1. The normalized spacial score (nSPS) is 11.6. The minimum absolute atomic E-state index is 0.0499. The van der Waals surface area contributed by atoms with Gasteiger partial charge in [0.1, 0.15) is 11.3 Å². The van der Waals surface area contributed by atoms with E-state index in [9.17, 15) is 0 Å². The highest BCUT2D eigenvalue weighted by Gasteiger charge is 2.15. The highest BCUT2D eigenvalue weighted by molar-refractivity contribution is 5.86. The van der Waals surface area contributed by atoms with Crippen LogP contribution < -0.4 is 4.74 Å². The summed E-state index contributed by atoms with van der Waals surface area (Å²) in [5.41, 5.74) is 2.29. The lowest BCUT2D eigenvalue weighted by Gasteiger charge is -2.08. The molecule has 0 amide bonds. The Bertz CT molecular complexity index is 955. The van der Waals surface area contributed by atoms with Gasteiger partial charge in [-0.15, -0.1) is 0 Å². The summed E-state index contributed by atoms with van der Waals surface area (Å²) < 4.78 is 13.4. The molecule has 6 heteroatoms. The average molecular weight is 294 g/mol. The molecule has 0 N–H and O–H groups in total. The highest BCUT2D eigenvalue weighted by Crippen LogP contribution is 2.32. The molecule has 0 aliphatic rings. The van der Waals surface area contributed by atoms with Crippen LogP contribution in [0.3, 0.4) is 0 Å². The van der Waals surface area contributed by atoms with Gasteiger partial charge in [-0.2, -0.15) is 5.10 Å². The van der Waals surface area contributed by atoms with Crippen LogP contribution in [0.25, 0.3) is 28.1 Å². The maximum absolute atomic E-state index is 5.92. The van der Waals surface area contributed by atoms with Crippen LogP contribution in [-0.2, 0) is 0 Å². The summed E-state index contributed by atoms with van der Waals surface area (Å²) in [7, 11) is 0. The van der Waals surface area contributed by atoms with Crippen LogP contribution in [0.1, 0.15) is 13.8 Å². The van der Waals surface area contributed by atoms with Crippen molar-refractivity contribution in [2.75, 3.05) is 0 Å². The number of imidazole rings is 1. The van der Waals surface area contributed by atoms with Gasteiger partial charge >= 0.3 is 0 Å². The monoisotopic (exact) mass is 294 g/mol. The van der Waals surface area contributed by atoms with E-state index in [0.29, 0.717) is 11.6 Å². The van der Waals surface area contributed by atoms with E-state index in [4.69, 9.17) is 9.15 Å². The van der Waals surface area contributed by atoms with Crippen molar-refractivity contribution in [3.05, 3.63) is 42.9 Å². The van der Waals surface area contributed by atoms with Gasteiger partial charge in [-0.3, -0.25) is 0 Å². The third-order valence-corrected chi connectivity index (χ3v) is 3.29. The molecule has 0 fully saturated rings. The van der Waals surface area contributed by atoms with Crippen LogP contribution in [-0.4, -0.2) is 25.7 Å². The molecule has 0 aliphatic heterocycles. The Labute approximate surface area is 126 Å². The molecular weight excluding hydrogens is 280 g/mol. The number of nitrogens with zero attached hydrogens (tertiary/aromatic N) is 4. The highest BCUT2D eigenvalue weighted by atomic mass is 16.5. The van der Waals surface area contributed by atoms with E-state index in [1.165, 1.54) is 0 Å². The number of rotatable bonds is 3. The molecule has 6 nitrogen and oxygen atoms in total. The molecule has 0 radical (unpaired) electrons. The molecule has 0 saturated heterocycles. The fourth-order valence-corrected chi connectivity index (χ4v) is 2.38. The lowest BCUT2D eigenvalue weighted by Crippen LogP contribution is -2.06. The molecule has 4 rings (SSSR count). The van der Waals surface area contributed by atoms with Crippen molar-refractivity contribution < 1.29 is 9.15 Å². The van der Waals surface area contributed by atoms with E-state index in [1.54, 1.807) is 23.1 Å². The quantitative estimate of drug-likeness (QED) is 0.580. The third-order valence-electron chi connectivity index (χ3n) is 3.29. The second kappa shape index (κ2) is 4.84. The number of hydrogen-bond acceptors (Lipinski definition) is 5. The van der Waals surface area contributed by atoms with Gasteiger partial charge in [0.25, 0.3) is 0 Å². The van der Waals surface area contributed by atoms with E-state index in [2.05, 4.69) is 15.1 Å². The molecule has 0 aliphatic carbocycles. The number of pyridine rings is 1. The topological polar surface area (TPSA) is 65.5 Å². The molecule has 0 unspecified atom stereocenters. The molecule has 0 bridgehead atoms. The first-order chi connectivity index (χ1) is 10.7. The van der Waals surface area contributed by atoms with Crippen molar-refractivity contribution in [2.24, 2.45) is 0 Å². The van der Waals surface area contributed by atoms with Crippen molar-refractivity contribution in [1.82, 2.24) is 19.6 Å². The fraction of sp³-hybridized carbons (Fsp3) is 0.188. The Kier molecular flexibility index (Phi) is 2.82. The van der Waals surface area contributed by atoms with Crippen LogP contribution >= 0.6 is 0 Å². The smallest absolute Gasteiger partial charge is 0.224 e. The van der Waals surface area contributed by atoms with E-state index in [0.717, 1.165) is 22.3 Å². The summed E-state index contributed by atoms with van der Waals surface area (Å²) in [6.45, 7) is 3.94. The summed E-state index contributed by atoms with van der Waals surface area (Å²) >= 11 is 0. The van der Waals surface area contributed by atoms with Gasteiger partial charge in [0.05, 0.1) is 17.7 Å². The van der Waals surface area contributed by atoms with Gasteiger partial charge < -0.3 is 9.15 Å². The van der Waals surface area contributed by atoms with E-state index in [1.807, 2.05) is 38.1 Å². The predicted octanol–water partition coefficient (Wildman–Crippen LogP) is 3.32. The van der Waals surface area contributed by atoms with Crippen molar-refractivity contribution in [1.29, 1.82) is 0 Å². The van der Waals surface area contributed by atoms with Gasteiger partial charge in [-0.1, -0.05) is 0 Å². The van der Waals surface area contributed by atoms with Crippen molar-refractivity contribution in [3.8, 4) is 17.3 Å². The lowest BCUT2D eigenvalue weighted by atomic mass is 10.3. The van der Waals surface area contributed by atoms with Crippen LogP contribution in [0, 0.1) is 0 Å². The summed E-state index contributed by atoms with van der Waals surface area (Å²) in [6, 6.07) is 7.48. The molecular formula is C16H14N4O2. The Morgan fingerprint density at radius 1 is 1.18 bits per heavy atom. The first-order valence-corrected chi connectivity index (χ1v) is 7.07. The maximum Gasteiger partial charge on any atom is 0.224 e. The number of fused-ring (bicyclic) bond motifs is 2. The SMILES string of the molecule is CC(C)Oc1nccc2oc(-c3cnc4cccnn34)cc12. The molecule has 22 heavy (non-hydrogen) atoms. The largest absolute Gasteiger partial charge is 0.474 e. The second-order valence-corrected chi connectivity index (χ2v) is 5.24. The molecule has 4 aromatic rings. The van der Waals surface area contributed by atoms with Crippen molar-refractivity contribution >= 4 is 16.6 Å². The molecule has 0 aromatic carbocycles. The lowest BCUT2D eigenvalue weighted by molar-refractivity contribution is 0.236. The minimum atomic E-state index is 0.0499. The van der Waals surface area contributed by atoms with Crippen molar-refractivity contribution in [2.45, 2.75) is 20.0 Å². The molecule has 0 spiro atoms. The fourth-order valence-electron chi connectivity index (χ4n) is 2.38. The summed E-state index contributed by atoms with van der Waals surface area (Å²) in [4.78, 5) is 8.61. The number of hydrogen-bond donors (Lipinski definition) is 0. The molecule has 0 saturated carbocycles. The summed E-state index contributed by atoms with van der Waals surface area (Å²) in [5, 5.41) is 5.15. The third kappa shape index (κ3) is 2.00. The van der Waals surface area contributed by atoms with Crippen LogP contribution in [0.4, 0.5) is 0 Å². The number of ether oxygens (including phenoxy) is 1. The van der Waals surface area contributed by atoms with E-state index in [-0.39, 0.29) is 6.10 Å². The standard InChI is InChI=1S/C16H14N4O2/c1-10(2)21-16-11-8-14(22-13(11)5-7-17-16)12-9-18-15-4-3-6-19-20(12)15/h3-10H,1-2H3. The molecule has 110 valence electrons. The zero-order valence-electron chi connectivity index (χ0n) is 12.2. The number of aromatic nitrogens is 4. The van der Waals surface area contributed by atoms with Gasteiger partial charge in [-0.05, 0) is 32.0 Å². The minimum Gasteiger partial charge on any atom is -0.474 e. The Hall–Kier alpha value is -2.89. The van der Waals surface area contributed by atoms with E-state index >= 15 is 0 Å². The average Bonchev–Trinajstić information content (AvgIpc) is 3.10. The Morgan fingerprint density at radius 2 is 2.09 bits per heavy atom. The van der Waals surface area contributed by atoms with Gasteiger partial charge in [0.2, 0.25) is 5.88 Å².